The SMILES string of the molecule is CC(C)C(C)C(O)(c1ccccc1N)C(F)(F)F. The maximum atomic E-state index is 13.3. The fourth-order valence-corrected chi connectivity index (χ4v) is 1.98. The van der Waals surface area contributed by atoms with Crippen LogP contribution in [0.4, 0.5) is 18.9 Å². The summed E-state index contributed by atoms with van der Waals surface area (Å²) in [5.74, 6) is -1.33. The van der Waals surface area contributed by atoms with Crippen LogP contribution in [0, 0.1) is 11.8 Å². The van der Waals surface area contributed by atoms with Gasteiger partial charge in [-0.25, -0.2) is 0 Å². The number of benzene rings is 1. The zero-order valence-corrected chi connectivity index (χ0v) is 10.6. The molecule has 0 saturated carbocycles. The number of nitrogens with two attached hydrogens (primary N) is 1. The van der Waals surface area contributed by atoms with Crippen molar-refractivity contribution >= 4 is 5.69 Å². The molecule has 0 bridgehead atoms. The van der Waals surface area contributed by atoms with Crippen molar-refractivity contribution in [2.75, 3.05) is 5.73 Å². The smallest absolute Gasteiger partial charge is 0.398 e. The topological polar surface area (TPSA) is 46.2 Å². The first-order chi connectivity index (χ1) is 8.12. The maximum Gasteiger partial charge on any atom is 0.421 e. The van der Waals surface area contributed by atoms with Crippen molar-refractivity contribution in [3.05, 3.63) is 29.8 Å². The average molecular weight is 261 g/mol. The molecule has 0 amide bonds. The number of hydrogen-bond donors (Lipinski definition) is 2. The molecule has 1 rings (SSSR count). The van der Waals surface area contributed by atoms with Crippen LogP contribution in [0.5, 0.6) is 0 Å². The largest absolute Gasteiger partial charge is 0.421 e. The number of nitrogen functional groups attached to an aromatic ring is 1. The molecule has 2 atom stereocenters. The van der Waals surface area contributed by atoms with E-state index in [4.69, 9.17) is 5.73 Å². The van der Waals surface area contributed by atoms with Gasteiger partial charge in [-0.1, -0.05) is 39.0 Å². The van der Waals surface area contributed by atoms with E-state index in [1.54, 1.807) is 13.8 Å². The van der Waals surface area contributed by atoms with Gasteiger partial charge in [-0.05, 0) is 12.0 Å². The third kappa shape index (κ3) is 2.32. The van der Waals surface area contributed by atoms with E-state index in [1.165, 1.54) is 31.2 Å². The van der Waals surface area contributed by atoms with Crippen molar-refractivity contribution in [2.24, 2.45) is 11.8 Å². The summed E-state index contributed by atoms with van der Waals surface area (Å²) in [4.78, 5) is 0. The monoisotopic (exact) mass is 261 g/mol. The van der Waals surface area contributed by atoms with E-state index in [0.29, 0.717) is 0 Å². The normalized spacial score (nSPS) is 17.6. The summed E-state index contributed by atoms with van der Waals surface area (Å²) in [6, 6.07) is 5.56. The Morgan fingerprint density at radius 2 is 1.61 bits per heavy atom. The zero-order valence-electron chi connectivity index (χ0n) is 10.6. The van der Waals surface area contributed by atoms with E-state index in [0.717, 1.165) is 0 Å². The van der Waals surface area contributed by atoms with Crippen molar-refractivity contribution in [1.82, 2.24) is 0 Å². The van der Waals surface area contributed by atoms with Gasteiger partial charge < -0.3 is 10.8 Å². The summed E-state index contributed by atoms with van der Waals surface area (Å²) in [6.45, 7) is 4.66. The highest BCUT2D eigenvalue weighted by atomic mass is 19.4. The Balaban J connectivity index is 3.44. The number of rotatable bonds is 3. The minimum Gasteiger partial charge on any atom is -0.398 e. The summed E-state index contributed by atoms with van der Waals surface area (Å²) in [5.41, 5.74) is 2.33. The van der Waals surface area contributed by atoms with E-state index in [-0.39, 0.29) is 17.2 Å². The molecule has 102 valence electrons. The lowest BCUT2D eigenvalue weighted by molar-refractivity contribution is -0.289. The summed E-state index contributed by atoms with van der Waals surface area (Å²) >= 11 is 0. The molecule has 1 aromatic rings. The van der Waals surface area contributed by atoms with Crippen LogP contribution in [-0.4, -0.2) is 11.3 Å². The fraction of sp³-hybridized carbons (Fsp3) is 0.538. The van der Waals surface area contributed by atoms with Crippen LogP contribution in [0.1, 0.15) is 26.3 Å². The first-order valence-corrected chi connectivity index (χ1v) is 5.76. The molecule has 0 aliphatic carbocycles. The molecule has 2 unspecified atom stereocenters. The lowest BCUT2D eigenvalue weighted by atomic mass is 9.75. The summed E-state index contributed by atoms with van der Waals surface area (Å²) in [7, 11) is 0. The molecule has 0 aromatic heterocycles. The quantitative estimate of drug-likeness (QED) is 0.820. The highest BCUT2D eigenvalue weighted by molar-refractivity contribution is 5.50. The molecule has 1 aromatic carbocycles. The maximum absolute atomic E-state index is 13.3. The Labute approximate surface area is 105 Å². The molecular formula is C13H18F3NO. The minimum atomic E-state index is -4.77. The predicted octanol–water partition coefficient (Wildman–Crippen LogP) is 3.31. The minimum absolute atomic E-state index is 0.0511. The highest BCUT2D eigenvalue weighted by Crippen LogP contribution is 2.48. The van der Waals surface area contributed by atoms with Crippen LogP contribution in [0.2, 0.25) is 0 Å². The molecule has 0 heterocycles. The lowest BCUT2D eigenvalue weighted by Gasteiger charge is -2.39. The number of aliphatic hydroxyl groups is 1. The van der Waals surface area contributed by atoms with Crippen molar-refractivity contribution < 1.29 is 18.3 Å². The van der Waals surface area contributed by atoms with Gasteiger partial charge in [0.25, 0.3) is 0 Å². The molecule has 5 heteroatoms. The second kappa shape index (κ2) is 4.80. The van der Waals surface area contributed by atoms with Crippen molar-refractivity contribution in [3.63, 3.8) is 0 Å². The van der Waals surface area contributed by atoms with E-state index < -0.39 is 17.7 Å². The molecule has 18 heavy (non-hydrogen) atoms. The molecule has 3 N–H and O–H groups in total. The number of hydrogen-bond acceptors (Lipinski definition) is 2. The molecule has 0 aliphatic heterocycles. The number of alkyl halides is 3. The van der Waals surface area contributed by atoms with Crippen LogP contribution in [0.15, 0.2) is 24.3 Å². The van der Waals surface area contributed by atoms with Gasteiger partial charge in [0.1, 0.15) is 0 Å². The van der Waals surface area contributed by atoms with Gasteiger partial charge in [0.15, 0.2) is 5.60 Å². The summed E-state index contributed by atoms with van der Waals surface area (Å²) < 4.78 is 39.8. The van der Waals surface area contributed by atoms with Crippen LogP contribution in [-0.2, 0) is 5.60 Å². The summed E-state index contributed by atoms with van der Waals surface area (Å²) in [6.07, 6.45) is -4.77. The Morgan fingerprint density at radius 1 is 1.11 bits per heavy atom. The molecule has 0 radical (unpaired) electrons. The standard InChI is InChI=1S/C13H18F3NO/c1-8(2)9(3)12(18,13(14,15)16)10-6-4-5-7-11(10)17/h4-9,18H,17H2,1-3H3. The average Bonchev–Trinajstić information content (AvgIpc) is 2.26. The Morgan fingerprint density at radius 3 is 2.00 bits per heavy atom. The molecule has 0 saturated heterocycles. The number of halogens is 3. The van der Waals surface area contributed by atoms with Gasteiger partial charge in [0.2, 0.25) is 0 Å². The first-order valence-electron chi connectivity index (χ1n) is 5.76. The van der Waals surface area contributed by atoms with Gasteiger partial charge in [-0.15, -0.1) is 0 Å². The molecule has 0 fully saturated rings. The van der Waals surface area contributed by atoms with E-state index in [2.05, 4.69) is 0 Å². The van der Waals surface area contributed by atoms with Crippen molar-refractivity contribution in [2.45, 2.75) is 32.5 Å². The molecule has 0 spiro atoms. The van der Waals surface area contributed by atoms with Gasteiger partial charge in [-0.3, -0.25) is 0 Å². The lowest BCUT2D eigenvalue weighted by Crippen LogP contribution is -2.49. The third-order valence-corrected chi connectivity index (χ3v) is 3.46. The predicted molar refractivity (Wildman–Crippen MR) is 64.8 cm³/mol. The van der Waals surface area contributed by atoms with Crippen LogP contribution >= 0.6 is 0 Å². The summed E-state index contributed by atoms with van der Waals surface area (Å²) in [5, 5.41) is 10.2. The Kier molecular flexibility index (Phi) is 3.96. The van der Waals surface area contributed by atoms with E-state index in [1.807, 2.05) is 0 Å². The molecule has 0 aliphatic rings. The second-order valence-corrected chi connectivity index (χ2v) is 4.88. The fourth-order valence-electron chi connectivity index (χ4n) is 1.98. The van der Waals surface area contributed by atoms with Gasteiger partial charge in [0, 0.05) is 17.2 Å². The van der Waals surface area contributed by atoms with Crippen molar-refractivity contribution in [1.29, 1.82) is 0 Å². The van der Waals surface area contributed by atoms with Crippen molar-refractivity contribution in [3.8, 4) is 0 Å². The zero-order chi connectivity index (χ0) is 14.1. The third-order valence-electron chi connectivity index (χ3n) is 3.46. The van der Waals surface area contributed by atoms with Crippen LogP contribution in [0.25, 0.3) is 0 Å². The van der Waals surface area contributed by atoms with E-state index >= 15 is 0 Å². The molecular weight excluding hydrogens is 243 g/mol. The van der Waals surface area contributed by atoms with Gasteiger partial charge in [0.05, 0.1) is 0 Å². The Bertz CT molecular complexity index is 417. The molecule has 2 nitrogen and oxygen atoms in total. The highest BCUT2D eigenvalue weighted by Gasteiger charge is 2.59. The first kappa shape index (κ1) is 14.8. The number of anilines is 1. The van der Waals surface area contributed by atoms with Crippen LogP contribution in [0.3, 0.4) is 0 Å². The number of para-hydroxylation sites is 1. The Hall–Kier alpha value is -1.23. The van der Waals surface area contributed by atoms with E-state index in [9.17, 15) is 18.3 Å². The van der Waals surface area contributed by atoms with Crippen LogP contribution < -0.4 is 5.73 Å². The second-order valence-electron chi connectivity index (χ2n) is 4.88. The van der Waals surface area contributed by atoms with Gasteiger partial charge >= 0.3 is 6.18 Å². The van der Waals surface area contributed by atoms with Gasteiger partial charge in [-0.2, -0.15) is 13.2 Å².